The van der Waals surface area contributed by atoms with E-state index in [1.807, 2.05) is 0 Å². The summed E-state index contributed by atoms with van der Waals surface area (Å²) in [5.41, 5.74) is 0. The standard InChI is InChI=1S/C32H60O3.2Na.2H/c1-3-5-7-9-11-13-15-17-19-21-23-25-27-29-31(33)35-32(34)30-28-26-24-22-20-18-16-14-12-10-8-6-4-2;;;;/h13,15H,3-12,14,16-30H2,1-2H3;;;;. The van der Waals surface area contributed by atoms with E-state index in [-0.39, 0.29) is 71.1 Å². The molecule has 0 N–H and O–H groups in total. The minimum atomic E-state index is -0.337. The van der Waals surface area contributed by atoms with Crippen molar-refractivity contribution in [1.82, 2.24) is 0 Å². The summed E-state index contributed by atoms with van der Waals surface area (Å²) in [5.74, 6) is -0.671. The van der Waals surface area contributed by atoms with Gasteiger partial charge in [0, 0.05) is 12.8 Å². The molecule has 0 bridgehead atoms. The van der Waals surface area contributed by atoms with Gasteiger partial charge in [0.25, 0.3) is 0 Å². The van der Waals surface area contributed by atoms with Gasteiger partial charge >= 0.3 is 71.1 Å². The molecule has 0 aliphatic carbocycles. The number of carbonyl (C=O) groups is 2. The molecular formula is C32H62Na2O3. The van der Waals surface area contributed by atoms with Gasteiger partial charge < -0.3 is 4.74 Å². The fraction of sp³-hybridized carbons (Fsp3) is 0.875. The molecule has 3 nitrogen and oxygen atoms in total. The van der Waals surface area contributed by atoms with Gasteiger partial charge in [0.05, 0.1) is 0 Å². The van der Waals surface area contributed by atoms with Gasteiger partial charge in [-0.15, -0.1) is 0 Å². The van der Waals surface area contributed by atoms with Crippen LogP contribution in [0.25, 0.3) is 0 Å². The van der Waals surface area contributed by atoms with Gasteiger partial charge in [-0.05, 0) is 38.5 Å². The van der Waals surface area contributed by atoms with Gasteiger partial charge in [-0.1, -0.05) is 142 Å². The van der Waals surface area contributed by atoms with Gasteiger partial charge in [-0.3, -0.25) is 9.59 Å². The molecule has 0 fully saturated rings. The maximum absolute atomic E-state index is 11.8. The summed E-state index contributed by atoms with van der Waals surface area (Å²) in [6, 6.07) is 0. The second-order valence-corrected chi connectivity index (χ2v) is 10.5. The van der Waals surface area contributed by atoms with Crippen LogP contribution in [-0.4, -0.2) is 71.1 Å². The fourth-order valence-electron chi connectivity index (χ4n) is 4.50. The molecule has 0 rings (SSSR count). The van der Waals surface area contributed by atoms with Crippen molar-refractivity contribution < 1.29 is 14.3 Å². The second kappa shape index (κ2) is 36.9. The number of carbonyl (C=O) groups excluding carboxylic acids is 2. The average Bonchev–Trinajstić information content (AvgIpc) is 2.85. The number of ether oxygens (including phenoxy) is 1. The quantitative estimate of drug-likeness (QED) is 0.0342. The first-order chi connectivity index (χ1) is 17.2. The maximum atomic E-state index is 11.8. The summed E-state index contributed by atoms with van der Waals surface area (Å²) in [4.78, 5) is 23.7. The van der Waals surface area contributed by atoms with Gasteiger partial charge in [-0.2, -0.15) is 0 Å². The predicted octanol–water partition coefficient (Wildman–Crippen LogP) is 9.50. The van der Waals surface area contributed by atoms with Crippen LogP contribution >= 0.6 is 0 Å². The van der Waals surface area contributed by atoms with Gasteiger partial charge in [0.2, 0.25) is 0 Å². The van der Waals surface area contributed by atoms with E-state index in [9.17, 15) is 9.59 Å². The zero-order valence-electron chi connectivity index (χ0n) is 23.8. The van der Waals surface area contributed by atoms with Crippen LogP contribution in [0.1, 0.15) is 181 Å². The zero-order valence-corrected chi connectivity index (χ0v) is 23.8. The van der Waals surface area contributed by atoms with Crippen LogP contribution in [-0.2, 0) is 14.3 Å². The number of allylic oxidation sites excluding steroid dienone is 2. The predicted molar refractivity (Wildman–Crippen MR) is 166 cm³/mol. The molecule has 0 spiro atoms. The van der Waals surface area contributed by atoms with E-state index < -0.39 is 0 Å². The van der Waals surface area contributed by atoms with Crippen molar-refractivity contribution in [3.63, 3.8) is 0 Å². The molecule has 0 saturated heterocycles. The van der Waals surface area contributed by atoms with Crippen LogP contribution in [0.15, 0.2) is 12.2 Å². The van der Waals surface area contributed by atoms with E-state index in [0.29, 0.717) is 12.8 Å². The third-order valence-electron chi connectivity index (χ3n) is 6.85. The summed E-state index contributed by atoms with van der Waals surface area (Å²) in [6.45, 7) is 4.52. The Morgan fingerprint density at radius 1 is 0.432 bits per heavy atom. The van der Waals surface area contributed by atoms with Crippen LogP contribution in [0.3, 0.4) is 0 Å². The van der Waals surface area contributed by atoms with Crippen molar-refractivity contribution in [2.75, 3.05) is 0 Å². The molecule has 210 valence electrons. The van der Waals surface area contributed by atoms with Crippen molar-refractivity contribution in [3.8, 4) is 0 Å². The Morgan fingerprint density at radius 2 is 0.703 bits per heavy atom. The van der Waals surface area contributed by atoms with Crippen LogP contribution in [0.2, 0.25) is 0 Å². The number of hydrogen-bond donors (Lipinski definition) is 0. The molecule has 5 heteroatoms. The van der Waals surface area contributed by atoms with E-state index in [2.05, 4.69) is 26.0 Å². The summed E-state index contributed by atoms with van der Waals surface area (Å²) in [7, 11) is 0. The third kappa shape index (κ3) is 36.9. The Balaban J connectivity index is -0.00000578. The van der Waals surface area contributed by atoms with Crippen molar-refractivity contribution in [3.05, 3.63) is 12.2 Å². The molecule has 0 amide bonds. The first kappa shape index (κ1) is 42.3. The van der Waals surface area contributed by atoms with E-state index in [1.165, 1.54) is 122 Å². The van der Waals surface area contributed by atoms with Crippen LogP contribution in [0, 0.1) is 0 Å². The van der Waals surface area contributed by atoms with E-state index in [0.717, 1.165) is 32.1 Å². The van der Waals surface area contributed by atoms with Crippen LogP contribution in [0.4, 0.5) is 0 Å². The van der Waals surface area contributed by atoms with Gasteiger partial charge in [0.15, 0.2) is 0 Å². The first-order valence-electron chi connectivity index (χ1n) is 15.6. The molecule has 0 heterocycles. The number of esters is 2. The molecular weight excluding hydrogens is 478 g/mol. The van der Waals surface area contributed by atoms with Gasteiger partial charge in [0.1, 0.15) is 0 Å². The summed E-state index contributed by atoms with van der Waals surface area (Å²) >= 11 is 0. The Bertz CT molecular complexity index is 494. The number of unbranched alkanes of at least 4 members (excludes halogenated alkanes) is 21. The van der Waals surface area contributed by atoms with Crippen molar-refractivity contribution in [2.24, 2.45) is 0 Å². The van der Waals surface area contributed by atoms with Gasteiger partial charge in [-0.25, -0.2) is 0 Å². The van der Waals surface area contributed by atoms with Crippen molar-refractivity contribution in [1.29, 1.82) is 0 Å². The zero-order chi connectivity index (χ0) is 25.7. The normalized spacial score (nSPS) is 10.8. The minimum absolute atomic E-state index is 0. The first-order valence-corrected chi connectivity index (χ1v) is 15.6. The summed E-state index contributed by atoms with van der Waals surface area (Å²) < 4.78 is 4.98. The van der Waals surface area contributed by atoms with E-state index in [1.54, 1.807) is 0 Å². The third-order valence-corrected chi connectivity index (χ3v) is 6.85. The monoisotopic (exact) mass is 540 g/mol. The SMILES string of the molecule is CCCCCCC=CCCCCCCCC(=O)OC(=O)CCCCCCCCCCCCCCC.[NaH].[NaH]. The summed E-state index contributed by atoms with van der Waals surface area (Å²) in [6.07, 6.45) is 35.3. The summed E-state index contributed by atoms with van der Waals surface area (Å²) in [5, 5.41) is 0. The van der Waals surface area contributed by atoms with Crippen LogP contribution < -0.4 is 0 Å². The molecule has 0 aromatic carbocycles. The Labute approximate surface area is 276 Å². The fourth-order valence-corrected chi connectivity index (χ4v) is 4.50. The molecule has 0 aliphatic rings. The molecule has 0 atom stereocenters. The average molecular weight is 541 g/mol. The van der Waals surface area contributed by atoms with Crippen LogP contribution in [0.5, 0.6) is 0 Å². The van der Waals surface area contributed by atoms with Crippen molar-refractivity contribution >= 4 is 71.1 Å². The molecule has 0 saturated carbocycles. The molecule has 0 radical (unpaired) electrons. The van der Waals surface area contributed by atoms with E-state index in [4.69, 9.17) is 4.74 Å². The topological polar surface area (TPSA) is 43.4 Å². The molecule has 0 aromatic rings. The van der Waals surface area contributed by atoms with E-state index >= 15 is 0 Å². The molecule has 37 heavy (non-hydrogen) atoms. The Morgan fingerprint density at radius 3 is 1.05 bits per heavy atom. The van der Waals surface area contributed by atoms with Crippen molar-refractivity contribution in [2.45, 2.75) is 181 Å². The number of rotatable bonds is 27. The molecule has 0 unspecified atom stereocenters. The molecule has 0 aliphatic heterocycles. The Hall–Kier alpha value is 0.880. The Kier molecular flexibility index (Phi) is 42.2. The number of hydrogen-bond acceptors (Lipinski definition) is 3. The second-order valence-electron chi connectivity index (χ2n) is 10.5. The molecule has 0 aromatic heterocycles.